The zero-order chi connectivity index (χ0) is 19.9. The van der Waals surface area contributed by atoms with E-state index in [0.29, 0.717) is 12.8 Å². The molecule has 1 amide bonds. The maximum Gasteiger partial charge on any atom is 0.407 e. The van der Waals surface area contributed by atoms with E-state index in [4.69, 9.17) is 4.74 Å². The number of nitrogens with one attached hydrogen (secondary N) is 1. The molecule has 0 saturated carbocycles. The van der Waals surface area contributed by atoms with Gasteiger partial charge in [-0.1, -0.05) is 60.7 Å². The molecule has 0 aliphatic carbocycles. The molecular formula is C22H27NO4. The minimum absolute atomic E-state index is 0.0268. The molecule has 0 heterocycles. The first-order valence-electron chi connectivity index (χ1n) is 8.98. The Balaban J connectivity index is 2.27. The molecule has 0 bridgehead atoms. The fraction of sp³-hybridized carbons (Fsp3) is 0.364. The van der Waals surface area contributed by atoms with E-state index in [9.17, 15) is 14.7 Å². The van der Waals surface area contributed by atoms with Crippen LogP contribution < -0.4 is 5.32 Å². The zero-order valence-electron chi connectivity index (χ0n) is 16.1. The summed E-state index contributed by atoms with van der Waals surface area (Å²) < 4.78 is 5.27. The summed E-state index contributed by atoms with van der Waals surface area (Å²) in [5, 5.41) is 12.8. The standard InChI is InChI=1S/C22H27NO4/c1-21(2,3)27-20(26)23-16-22(19(24)25,14-17-10-6-4-7-11-17)15-18-12-8-5-9-13-18/h4-13H,14-16H2,1-3H3,(H,23,26)(H,24,25). The van der Waals surface area contributed by atoms with E-state index in [1.54, 1.807) is 20.8 Å². The molecule has 5 nitrogen and oxygen atoms in total. The predicted octanol–water partition coefficient (Wildman–Crippen LogP) is 4.07. The molecule has 2 aromatic rings. The molecule has 0 radical (unpaired) electrons. The maximum absolute atomic E-state index is 12.3. The Labute approximate surface area is 160 Å². The summed E-state index contributed by atoms with van der Waals surface area (Å²) in [6.07, 6.45) is -0.0175. The van der Waals surface area contributed by atoms with Gasteiger partial charge in [-0.15, -0.1) is 0 Å². The van der Waals surface area contributed by atoms with Gasteiger partial charge in [0.15, 0.2) is 0 Å². The van der Waals surface area contributed by atoms with Gasteiger partial charge >= 0.3 is 12.1 Å². The van der Waals surface area contributed by atoms with Gasteiger partial charge in [-0.3, -0.25) is 4.79 Å². The number of aliphatic carboxylic acids is 1. The van der Waals surface area contributed by atoms with Crippen molar-refractivity contribution in [3.63, 3.8) is 0 Å². The normalized spacial score (nSPS) is 11.7. The van der Waals surface area contributed by atoms with Crippen molar-refractivity contribution in [3.8, 4) is 0 Å². The number of rotatable bonds is 7. The second kappa shape index (κ2) is 8.71. The molecule has 0 aromatic heterocycles. The molecule has 2 N–H and O–H groups in total. The highest BCUT2D eigenvalue weighted by Gasteiger charge is 2.39. The molecule has 0 aliphatic rings. The highest BCUT2D eigenvalue weighted by molar-refractivity contribution is 5.77. The summed E-state index contributed by atoms with van der Waals surface area (Å²) in [7, 11) is 0. The van der Waals surface area contributed by atoms with Crippen molar-refractivity contribution in [3.05, 3.63) is 71.8 Å². The minimum atomic E-state index is -1.18. The number of carboxylic acid groups (broad SMARTS) is 1. The number of hydrogen-bond donors (Lipinski definition) is 2. The first kappa shape index (κ1) is 20.5. The van der Waals surface area contributed by atoms with E-state index in [0.717, 1.165) is 11.1 Å². The Kier molecular flexibility index (Phi) is 6.61. The van der Waals surface area contributed by atoms with E-state index in [2.05, 4.69) is 5.32 Å². The Bertz CT molecular complexity index is 709. The number of carbonyl (C=O) groups is 2. The second-order valence-electron chi connectivity index (χ2n) is 7.77. The lowest BCUT2D eigenvalue weighted by molar-refractivity contribution is -0.148. The first-order valence-corrected chi connectivity index (χ1v) is 8.98. The van der Waals surface area contributed by atoms with Crippen molar-refractivity contribution in [1.29, 1.82) is 0 Å². The Morgan fingerprint density at radius 1 is 0.889 bits per heavy atom. The van der Waals surface area contributed by atoms with E-state index < -0.39 is 23.1 Å². The topological polar surface area (TPSA) is 75.6 Å². The largest absolute Gasteiger partial charge is 0.481 e. The third-order valence-electron chi connectivity index (χ3n) is 4.19. The van der Waals surface area contributed by atoms with Crippen LogP contribution >= 0.6 is 0 Å². The first-order chi connectivity index (χ1) is 12.7. The van der Waals surface area contributed by atoms with Crippen molar-refractivity contribution in [2.45, 2.75) is 39.2 Å². The molecule has 2 aromatic carbocycles. The third kappa shape index (κ3) is 6.44. The number of hydrogen-bond acceptors (Lipinski definition) is 3. The zero-order valence-corrected chi connectivity index (χ0v) is 16.1. The summed E-state index contributed by atoms with van der Waals surface area (Å²) in [6.45, 7) is 5.28. The fourth-order valence-corrected chi connectivity index (χ4v) is 2.94. The van der Waals surface area contributed by atoms with Crippen molar-refractivity contribution < 1.29 is 19.4 Å². The number of ether oxygens (including phenoxy) is 1. The lowest BCUT2D eigenvalue weighted by Crippen LogP contribution is -2.47. The monoisotopic (exact) mass is 369 g/mol. The Morgan fingerprint density at radius 3 is 1.70 bits per heavy atom. The van der Waals surface area contributed by atoms with Crippen molar-refractivity contribution in [2.75, 3.05) is 6.54 Å². The molecule has 27 heavy (non-hydrogen) atoms. The van der Waals surface area contributed by atoms with Crippen LogP contribution in [0, 0.1) is 5.41 Å². The fourth-order valence-electron chi connectivity index (χ4n) is 2.94. The highest BCUT2D eigenvalue weighted by atomic mass is 16.6. The second-order valence-corrected chi connectivity index (χ2v) is 7.77. The summed E-state index contributed by atoms with van der Waals surface area (Å²) in [5.74, 6) is -0.953. The van der Waals surface area contributed by atoms with Gasteiger partial charge < -0.3 is 15.2 Å². The van der Waals surface area contributed by atoms with E-state index >= 15 is 0 Å². The predicted molar refractivity (Wildman–Crippen MR) is 105 cm³/mol. The Morgan fingerprint density at radius 2 is 1.33 bits per heavy atom. The highest BCUT2D eigenvalue weighted by Crippen LogP contribution is 2.28. The summed E-state index contributed by atoms with van der Waals surface area (Å²) in [4.78, 5) is 24.4. The van der Waals surface area contributed by atoms with Crippen LogP contribution in [-0.4, -0.2) is 29.3 Å². The molecular weight excluding hydrogens is 342 g/mol. The van der Waals surface area contributed by atoms with Crippen LogP contribution in [0.15, 0.2) is 60.7 Å². The number of amides is 1. The van der Waals surface area contributed by atoms with Gasteiger partial charge in [0.1, 0.15) is 5.60 Å². The van der Waals surface area contributed by atoms with Crippen molar-refractivity contribution >= 4 is 12.1 Å². The maximum atomic E-state index is 12.3. The van der Waals surface area contributed by atoms with Crippen LogP contribution in [-0.2, 0) is 22.4 Å². The lowest BCUT2D eigenvalue weighted by Gasteiger charge is -2.31. The van der Waals surface area contributed by atoms with Crippen LogP contribution in [0.5, 0.6) is 0 Å². The average molecular weight is 369 g/mol. The minimum Gasteiger partial charge on any atom is -0.481 e. The van der Waals surface area contributed by atoms with Crippen LogP contribution in [0.2, 0.25) is 0 Å². The van der Waals surface area contributed by atoms with Crippen LogP contribution in [0.3, 0.4) is 0 Å². The quantitative estimate of drug-likeness (QED) is 0.771. The van der Waals surface area contributed by atoms with Gasteiger partial charge in [0, 0.05) is 6.54 Å². The molecule has 0 aliphatic heterocycles. The molecule has 2 rings (SSSR count). The van der Waals surface area contributed by atoms with Gasteiger partial charge in [-0.05, 0) is 44.7 Å². The average Bonchev–Trinajstić information content (AvgIpc) is 2.60. The van der Waals surface area contributed by atoms with Gasteiger partial charge in [-0.2, -0.15) is 0 Å². The number of carboxylic acids is 1. The van der Waals surface area contributed by atoms with Gasteiger partial charge in [0.05, 0.1) is 5.41 Å². The van der Waals surface area contributed by atoms with Crippen LogP contribution in [0.1, 0.15) is 31.9 Å². The number of benzene rings is 2. The number of carbonyl (C=O) groups excluding carboxylic acids is 1. The molecule has 0 atom stereocenters. The third-order valence-corrected chi connectivity index (χ3v) is 4.19. The van der Waals surface area contributed by atoms with Gasteiger partial charge in [0.2, 0.25) is 0 Å². The number of alkyl carbamates (subject to hydrolysis) is 1. The Hall–Kier alpha value is -2.82. The van der Waals surface area contributed by atoms with Crippen molar-refractivity contribution in [2.24, 2.45) is 5.41 Å². The molecule has 0 fully saturated rings. The molecule has 144 valence electrons. The van der Waals surface area contributed by atoms with E-state index in [1.165, 1.54) is 0 Å². The summed E-state index contributed by atoms with van der Waals surface area (Å²) in [6, 6.07) is 18.9. The van der Waals surface area contributed by atoms with E-state index in [1.807, 2.05) is 60.7 Å². The van der Waals surface area contributed by atoms with Gasteiger partial charge in [0.25, 0.3) is 0 Å². The molecule has 0 unspecified atom stereocenters. The SMILES string of the molecule is CC(C)(C)OC(=O)NCC(Cc1ccccc1)(Cc1ccccc1)C(=O)O. The molecule has 0 saturated heterocycles. The molecule has 5 heteroatoms. The van der Waals surface area contributed by atoms with Crippen LogP contribution in [0.25, 0.3) is 0 Å². The summed E-state index contributed by atoms with van der Waals surface area (Å²) >= 11 is 0. The smallest absolute Gasteiger partial charge is 0.407 e. The lowest BCUT2D eigenvalue weighted by atomic mass is 9.76. The summed E-state index contributed by atoms with van der Waals surface area (Å²) in [5.41, 5.74) is -0.0160. The van der Waals surface area contributed by atoms with Gasteiger partial charge in [-0.25, -0.2) is 4.79 Å². The van der Waals surface area contributed by atoms with Crippen LogP contribution in [0.4, 0.5) is 4.79 Å². The van der Waals surface area contributed by atoms with E-state index in [-0.39, 0.29) is 6.54 Å². The van der Waals surface area contributed by atoms with Crippen molar-refractivity contribution in [1.82, 2.24) is 5.32 Å². The molecule has 0 spiro atoms.